The highest BCUT2D eigenvalue weighted by molar-refractivity contribution is 5.44. The molecule has 0 unspecified atom stereocenters. The molecule has 0 spiro atoms. The Hall–Kier alpha value is -2.79. The van der Waals surface area contributed by atoms with E-state index in [1.165, 1.54) is 5.53 Å². The molecule has 0 aromatic carbocycles. The van der Waals surface area contributed by atoms with Gasteiger partial charge < -0.3 is 30.3 Å². The summed E-state index contributed by atoms with van der Waals surface area (Å²) in [6.45, 7) is 1.07. The quantitative estimate of drug-likeness (QED) is 0.548. The highest BCUT2D eigenvalue weighted by atomic mass is 16.7. The lowest BCUT2D eigenvalue weighted by molar-refractivity contribution is -0.469. The van der Waals surface area contributed by atoms with Crippen LogP contribution in [0.2, 0.25) is 0 Å². The second kappa shape index (κ2) is 3.76. The predicted octanol–water partition coefficient (Wildman–Crippen LogP) is -0.257. The van der Waals surface area contributed by atoms with E-state index in [-0.39, 0.29) is 10.4 Å². The maximum Gasteiger partial charge on any atom is 0.426 e. The van der Waals surface area contributed by atoms with Crippen molar-refractivity contribution in [3.05, 3.63) is 35.9 Å². The van der Waals surface area contributed by atoms with Crippen LogP contribution in [0.15, 0.2) is 0 Å². The molecule has 1 heterocycles. The maximum absolute atomic E-state index is 10.5. The standard InChI is InChI=1S/C4H4N6O6/c1-2-3(8(11)12)5-7(6-10(15)16)4(2)9(13)14/h6H,1H3. The van der Waals surface area contributed by atoms with E-state index in [4.69, 9.17) is 0 Å². The minimum absolute atomic E-state index is 0.132. The van der Waals surface area contributed by atoms with Gasteiger partial charge in [0.2, 0.25) is 0 Å². The molecule has 1 aromatic rings. The third-order valence-electron chi connectivity index (χ3n) is 1.59. The lowest BCUT2D eigenvalue weighted by Gasteiger charge is -1.94. The first kappa shape index (κ1) is 11.3. The maximum atomic E-state index is 10.5. The number of rotatable bonds is 4. The van der Waals surface area contributed by atoms with E-state index < -0.39 is 26.5 Å². The van der Waals surface area contributed by atoms with Crippen LogP contribution in [-0.4, -0.2) is 24.8 Å². The van der Waals surface area contributed by atoms with Gasteiger partial charge in [0.15, 0.2) is 10.7 Å². The summed E-state index contributed by atoms with van der Waals surface area (Å²) in [4.78, 5) is 29.2. The Morgan fingerprint density at radius 1 is 1.19 bits per heavy atom. The molecule has 0 bridgehead atoms. The minimum Gasteiger partial charge on any atom is -0.358 e. The topological polar surface area (TPSA) is 159 Å². The Morgan fingerprint density at radius 2 is 1.75 bits per heavy atom. The number of hydrogen-bond acceptors (Lipinski definition) is 7. The zero-order valence-corrected chi connectivity index (χ0v) is 7.69. The third-order valence-corrected chi connectivity index (χ3v) is 1.59. The van der Waals surface area contributed by atoms with Crippen molar-refractivity contribution in [1.82, 2.24) is 9.89 Å². The van der Waals surface area contributed by atoms with Gasteiger partial charge in [-0.25, -0.2) is 0 Å². The first-order chi connectivity index (χ1) is 7.34. The van der Waals surface area contributed by atoms with Gasteiger partial charge in [-0.15, -0.1) is 0 Å². The van der Waals surface area contributed by atoms with E-state index in [0.717, 1.165) is 6.92 Å². The summed E-state index contributed by atoms with van der Waals surface area (Å²) in [5.74, 6) is -1.68. The molecule has 12 nitrogen and oxygen atoms in total. The fourth-order valence-corrected chi connectivity index (χ4v) is 1.01. The number of nitrogens with one attached hydrogen (secondary N) is 1. The van der Waals surface area contributed by atoms with Gasteiger partial charge in [-0.1, -0.05) is 0 Å². The monoisotopic (exact) mass is 232 g/mol. The largest absolute Gasteiger partial charge is 0.426 e. The van der Waals surface area contributed by atoms with E-state index >= 15 is 0 Å². The number of nitrogens with zero attached hydrogens (tertiary/aromatic N) is 5. The van der Waals surface area contributed by atoms with Crippen LogP contribution < -0.4 is 5.53 Å². The van der Waals surface area contributed by atoms with Crippen molar-refractivity contribution >= 4 is 11.6 Å². The van der Waals surface area contributed by atoms with Gasteiger partial charge in [0.25, 0.3) is 0 Å². The third kappa shape index (κ3) is 1.84. The Morgan fingerprint density at radius 3 is 2.12 bits per heavy atom. The minimum atomic E-state index is -1.12. The lowest BCUT2D eigenvalue weighted by atomic mass is 10.3. The van der Waals surface area contributed by atoms with Gasteiger partial charge in [0, 0.05) is 0 Å². The van der Waals surface area contributed by atoms with Crippen molar-refractivity contribution in [1.29, 1.82) is 0 Å². The van der Waals surface area contributed by atoms with Crippen LogP contribution in [0.5, 0.6) is 0 Å². The predicted molar refractivity (Wildman–Crippen MR) is 46.6 cm³/mol. The van der Waals surface area contributed by atoms with E-state index in [1.807, 2.05) is 0 Å². The molecule has 0 atom stereocenters. The smallest absolute Gasteiger partial charge is 0.358 e. The molecule has 0 aliphatic rings. The second-order valence-corrected chi connectivity index (χ2v) is 2.56. The summed E-state index contributed by atoms with van der Waals surface area (Å²) in [7, 11) is 0. The molecule has 0 fully saturated rings. The van der Waals surface area contributed by atoms with Crippen molar-refractivity contribution in [3.8, 4) is 0 Å². The summed E-state index contributed by atoms with van der Waals surface area (Å²) >= 11 is 0. The van der Waals surface area contributed by atoms with Crippen LogP contribution in [0.3, 0.4) is 0 Å². The molecule has 0 saturated heterocycles. The average molecular weight is 232 g/mol. The molecule has 16 heavy (non-hydrogen) atoms. The Balaban J connectivity index is 3.36. The summed E-state index contributed by atoms with van der Waals surface area (Å²) in [6, 6.07) is 0. The summed E-state index contributed by atoms with van der Waals surface area (Å²) in [5.41, 5.74) is 0.981. The zero-order chi connectivity index (χ0) is 12.5. The van der Waals surface area contributed by atoms with Gasteiger partial charge in [-0.2, -0.15) is 0 Å². The molecule has 0 amide bonds. The molecular weight excluding hydrogens is 228 g/mol. The van der Waals surface area contributed by atoms with Crippen LogP contribution in [-0.2, 0) is 0 Å². The van der Waals surface area contributed by atoms with Crippen LogP contribution in [0.4, 0.5) is 11.6 Å². The molecule has 1 rings (SSSR count). The zero-order valence-electron chi connectivity index (χ0n) is 7.69. The van der Waals surface area contributed by atoms with Crippen molar-refractivity contribution < 1.29 is 14.9 Å². The Labute approximate surface area is 85.9 Å². The summed E-state index contributed by atoms with van der Waals surface area (Å²) in [5, 5.41) is 33.0. The van der Waals surface area contributed by atoms with Gasteiger partial charge in [-0.3, -0.25) is 0 Å². The molecular formula is C4H4N6O6. The van der Waals surface area contributed by atoms with Crippen molar-refractivity contribution in [3.63, 3.8) is 0 Å². The molecule has 12 heteroatoms. The Bertz CT molecular complexity index is 478. The number of aromatic nitrogens is 2. The van der Waals surface area contributed by atoms with Crippen molar-refractivity contribution in [2.24, 2.45) is 0 Å². The van der Waals surface area contributed by atoms with Crippen LogP contribution in [0.1, 0.15) is 5.56 Å². The highest BCUT2D eigenvalue weighted by Gasteiger charge is 2.35. The fourth-order valence-electron chi connectivity index (χ4n) is 1.01. The number of hydrogen-bond donors (Lipinski definition) is 1. The Kier molecular flexibility index (Phi) is 2.65. The van der Waals surface area contributed by atoms with E-state index in [9.17, 15) is 30.3 Å². The SMILES string of the molecule is Cc1c([N+](=O)[O-])nn(N[N+](=O)[O-])c1[N+](=O)[O-]. The molecule has 0 radical (unpaired) electrons. The van der Waals surface area contributed by atoms with Gasteiger partial charge in [0.05, 0.1) is 5.03 Å². The lowest BCUT2D eigenvalue weighted by Crippen LogP contribution is -2.23. The number of nitro groups is 3. The summed E-state index contributed by atoms with van der Waals surface area (Å²) in [6.07, 6.45) is 0. The van der Waals surface area contributed by atoms with E-state index in [2.05, 4.69) is 5.10 Å². The molecule has 0 aliphatic carbocycles. The molecule has 1 N–H and O–H groups in total. The van der Waals surface area contributed by atoms with E-state index in [0.29, 0.717) is 0 Å². The van der Waals surface area contributed by atoms with Crippen molar-refractivity contribution in [2.75, 3.05) is 5.53 Å². The first-order valence-corrected chi connectivity index (χ1v) is 3.64. The van der Waals surface area contributed by atoms with Crippen LogP contribution in [0, 0.1) is 37.3 Å². The second-order valence-electron chi connectivity index (χ2n) is 2.56. The van der Waals surface area contributed by atoms with Crippen LogP contribution in [0.25, 0.3) is 0 Å². The van der Waals surface area contributed by atoms with Gasteiger partial charge >= 0.3 is 11.6 Å². The van der Waals surface area contributed by atoms with Crippen LogP contribution >= 0.6 is 0 Å². The fraction of sp³-hybridized carbons (Fsp3) is 0.250. The molecule has 0 aliphatic heterocycles. The van der Waals surface area contributed by atoms with Crippen molar-refractivity contribution in [2.45, 2.75) is 6.92 Å². The first-order valence-electron chi connectivity index (χ1n) is 3.64. The molecule has 0 saturated carbocycles. The van der Waals surface area contributed by atoms with Gasteiger partial charge in [-0.05, 0) is 22.3 Å². The average Bonchev–Trinajstić information content (AvgIpc) is 2.41. The molecule has 1 aromatic heterocycles. The summed E-state index contributed by atoms with van der Waals surface area (Å²) < 4.78 is 0. The molecule has 86 valence electrons. The van der Waals surface area contributed by atoms with E-state index in [1.54, 1.807) is 0 Å². The highest BCUT2D eigenvalue weighted by Crippen LogP contribution is 2.25. The number of hydrazine groups is 1. The normalized spacial score (nSPS) is 9.81. The van der Waals surface area contributed by atoms with Gasteiger partial charge in [0.1, 0.15) is 4.79 Å².